The van der Waals surface area contributed by atoms with E-state index in [1.807, 2.05) is 0 Å². The minimum absolute atomic E-state index is 0.0271. The molecule has 0 saturated carbocycles. The van der Waals surface area contributed by atoms with Crippen LogP contribution in [0.25, 0.3) is 0 Å². The summed E-state index contributed by atoms with van der Waals surface area (Å²) in [6, 6.07) is 3.17. The lowest BCUT2D eigenvalue weighted by Crippen LogP contribution is -2.38. The fraction of sp³-hybridized carbons (Fsp3) is 0.350. The van der Waals surface area contributed by atoms with Gasteiger partial charge in [0.05, 0.1) is 18.5 Å². The van der Waals surface area contributed by atoms with Gasteiger partial charge in [-0.3, -0.25) is 14.4 Å². The van der Waals surface area contributed by atoms with Crippen LogP contribution in [0.2, 0.25) is 0 Å². The number of hydrogen-bond acceptors (Lipinski definition) is 4. The van der Waals surface area contributed by atoms with Gasteiger partial charge in [-0.05, 0) is 23.6 Å². The third-order valence-electron chi connectivity index (χ3n) is 5.36. The Morgan fingerprint density at radius 2 is 1.93 bits per heavy atom. The number of hydrogen-bond donors (Lipinski definition) is 0. The fourth-order valence-electron chi connectivity index (χ4n) is 3.68. The van der Waals surface area contributed by atoms with Gasteiger partial charge >= 0.3 is 0 Å². The molecule has 9 heteroatoms. The standard InChI is InChI=1S/C20H19F2N3O3S/c1-23-10-17(27)24(2)20-18(19(23)28)13-5-6-25(9-15(13)29-20)16(26)7-11-3-4-12(21)8-14(11)22/h3-4,8H,5-7,9-10H2,1-2H3. The summed E-state index contributed by atoms with van der Waals surface area (Å²) in [5.41, 5.74) is 1.56. The van der Waals surface area contributed by atoms with Gasteiger partial charge in [0.25, 0.3) is 5.91 Å². The van der Waals surface area contributed by atoms with Gasteiger partial charge in [-0.15, -0.1) is 11.3 Å². The lowest BCUT2D eigenvalue weighted by Gasteiger charge is -2.27. The molecule has 0 radical (unpaired) electrons. The van der Waals surface area contributed by atoms with Gasteiger partial charge in [-0.2, -0.15) is 0 Å². The van der Waals surface area contributed by atoms with Crippen molar-refractivity contribution in [3.63, 3.8) is 0 Å². The number of carbonyl (C=O) groups excluding carboxylic acids is 3. The van der Waals surface area contributed by atoms with E-state index in [4.69, 9.17) is 0 Å². The third kappa shape index (κ3) is 3.39. The van der Waals surface area contributed by atoms with Crippen LogP contribution < -0.4 is 4.90 Å². The minimum atomic E-state index is -0.743. The topological polar surface area (TPSA) is 60.9 Å². The van der Waals surface area contributed by atoms with Crippen LogP contribution in [-0.4, -0.2) is 54.7 Å². The van der Waals surface area contributed by atoms with Gasteiger partial charge in [0.2, 0.25) is 11.8 Å². The molecule has 0 N–H and O–H groups in total. The molecule has 0 fully saturated rings. The summed E-state index contributed by atoms with van der Waals surface area (Å²) in [5, 5.41) is 0.605. The Hall–Kier alpha value is -2.81. The van der Waals surface area contributed by atoms with Crippen molar-refractivity contribution in [2.45, 2.75) is 19.4 Å². The van der Waals surface area contributed by atoms with Crippen LogP contribution in [0.1, 0.15) is 26.4 Å². The van der Waals surface area contributed by atoms with E-state index < -0.39 is 11.6 Å². The zero-order valence-corrected chi connectivity index (χ0v) is 16.8. The van der Waals surface area contributed by atoms with Gasteiger partial charge in [0.15, 0.2) is 0 Å². The van der Waals surface area contributed by atoms with Crippen LogP contribution in [-0.2, 0) is 29.0 Å². The predicted octanol–water partition coefficient (Wildman–Crippen LogP) is 2.20. The molecule has 0 atom stereocenters. The summed E-state index contributed by atoms with van der Waals surface area (Å²) in [4.78, 5) is 43.1. The van der Waals surface area contributed by atoms with Gasteiger partial charge in [-0.1, -0.05) is 6.07 Å². The summed E-state index contributed by atoms with van der Waals surface area (Å²) >= 11 is 1.34. The van der Waals surface area contributed by atoms with Crippen molar-refractivity contribution in [3.8, 4) is 0 Å². The Morgan fingerprint density at radius 3 is 2.66 bits per heavy atom. The maximum Gasteiger partial charge on any atom is 0.257 e. The van der Waals surface area contributed by atoms with E-state index in [-0.39, 0.29) is 36.3 Å². The quantitative estimate of drug-likeness (QED) is 0.750. The molecule has 2 aromatic rings. The lowest BCUT2D eigenvalue weighted by atomic mass is 10.0. The number of likely N-dealkylation sites (N-methyl/N-ethyl adjacent to an activating group) is 2. The number of fused-ring (bicyclic) bond motifs is 3. The van der Waals surface area contributed by atoms with Crippen LogP contribution in [0.5, 0.6) is 0 Å². The number of nitrogens with zero attached hydrogens (tertiary/aromatic N) is 3. The van der Waals surface area contributed by atoms with Crippen molar-refractivity contribution in [2.24, 2.45) is 0 Å². The third-order valence-corrected chi connectivity index (χ3v) is 6.65. The Morgan fingerprint density at radius 1 is 1.17 bits per heavy atom. The summed E-state index contributed by atoms with van der Waals surface area (Å²) < 4.78 is 27.0. The van der Waals surface area contributed by atoms with Crippen LogP contribution in [0, 0.1) is 11.6 Å². The Bertz CT molecular complexity index is 1040. The number of halogens is 2. The second-order valence-corrected chi connectivity index (χ2v) is 8.36. The molecule has 1 aromatic heterocycles. The first-order chi connectivity index (χ1) is 13.8. The molecule has 0 unspecified atom stereocenters. The van der Waals surface area contributed by atoms with Crippen molar-refractivity contribution < 1.29 is 23.2 Å². The molecule has 4 rings (SSSR count). The zero-order valence-electron chi connectivity index (χ0n) is 16.0. The monoisotopic (exact) mass is 419 g/mol. The number of anilines is 1. The lowest BCUT2D eigenvalue weighted by molar-refractivity contribution is -0.131. The molecule has 1 aromatic carbocycles. The highest BCUT2D eigenvalue weighted by molar-refractivity contribution is 7.17. The zero-order chi connectivity index (χ0) is 20.9. The van der Waals surface area contributed by atoms with E-state index in [0.717, 1.165) is 22.6 Å². The molecule has 0 bridgehead atoms. The normalized spacial score (nSPS) is 16.6. The molecule has 152 valence electrons. The maximum atomic E-state index is 13.9. The molecule has 0 saturated heterocycles. The van der Waals surface area contributed by atoms with Crippen molar-refractivity contribution in [1.29, 1.82) is 0 Å². The van der Waals surface area contributed by atoms with Crippen molar-refractivity contribution >= 4 is 34.1 Å². The van der Waals surface area contributed by atoms with Crippen molar-refractivity contribution in [1.82, 2.24) is 9.80 Å². The Balaban J connectivity index is 1.59. The van der Waals surface area contributed by atoms with Crippen LogP contribution in [0.4, 0.5) is 13.8 Å². The first-order valence-electron chi connectivity index (χ1n) is 9.14. The molecule has 6 nitrogen and oxygen atoms in total. The Labute approximate surface area is 170 Å². The minimum Gasteiger partial charge on any atom is -0.337 e. The second kappa shape index (κ2) is 7.22. The molecular weight excluding hydrogens is 400 g/mol. The molecular formula is C20H19F2N3O3S. The van der Waals surface area contributed by atoms with E-state index in [9.17, 15) is 23.2 Å². The first-order valence-corrected chi connectivity index (χ1v) is 9.96. The van der Waals surface area contributed by atoms with Gasteiger partial charge in [0.1, 0.15) is 23.2 Å². The van der Waals surface area contributed by atoms with Crippen molar-refractivity contribution in [3.05, 3.63) is 51.4 Å². The fourth-order valence-corrected chi connectivity index (χ4v) is 5.02. The van der Waals surface area contributed by atoms with E-state index in [1.54, 1.807) is 19.0 Å². The highest BCUT2D eigenvalue weighted by atomic mass is 32.1. The molecule has 2 aliphatic rings. The number of benzene rings is 1. The summed E-state index contributed by atoms with van der Waals surface area (Å²) in [5.74, 6) is -2.05. The predicted molar refractivity (Wildman–Crippen MR) is 104 cm³/mol. The summed E-state index contributed by atoms with van der Waals surface area (Å²) in [7, 11) is 3.25. The maximum absolute atomic E-state index is 13.9. The average Bonchev–Trinajstić information content (AvgIpc) is 3.03. The number of amides is 3. The largest absolute Gasteiger partial charge is 0.337 e. The van der Waals surface area contributed by atoms with E-state index in [2.05, 4.69) is 0 Å². The highest BCUT2D eigenvalue weighted by Crippen LogP contribution is 2.40. The number of carbonyl (C=O) groups is 3. The smallest absolute Gasteiger partial charge is 0.257 e. The van der Waals surface area contributed by atoms with Gasteiger partial charge in [-0.25, -0.2) is 8.78 Å². The van der Waals surface area contributed by atoms with Crippen molar-refractivity contribution in [2.75, 3.05) is 32.1 Å². The number of thiophene rings is 1. The second-order valence-electron chi connectivity index (χ2n) is 7.28. The van der Waals surface area contributed by atoms with Gasteiger partial charge < -0.3 is 14.7 Å². The van der Waals surface area contributed by atoms with E-state index in [0.29, 0.717) is 30.1 Å². The highest BCUT2D eigenvalue weighted by Gasteiger charge is 2.36. The molecule has 3 amide bonds. The van der Waals surface area contributed by atoms with Gasteiger partial charge in [0, 0.05) is 31.6 Å². The molecule has 2 aliphatic heterocycles. The average molecular weight is 419 g/mol. The molecule has 0 aliphatic carbocycles. The van der Waals surface area contributed by atoms with Crippen LogP contribution in [0.3, 0.4) is 0 Å². The molecule has 3 heterocycles. The van der Waals surface area contributed by atoms with E-state index in [1.165, 1.54) is 27.2 Å². The van der Waals surface area contributed by atoms with Crippen LogP contribution >= 0.6 is 11.3 Å². The summed E-state index contributed by atoms with van der Waals surface area (Å²) in [6.07, 6.45) is 0.326. The van der Waals surface area contributed by atoms with E-state index >= 15 is 0 Å². The SMILES string of the molecule is CN1CC(=O)N(C)c2sc3c(c2C1=O)CCN(C(=O)Cc1ccc(F)cc1F)C3. The Kier molecular flexibility index (Phi) is 4.85. The summed E-state index contributed by atoms with van der Waals surface area (Å²) in [6.45, 7) is 0.722. The van der Waals surface area contributed by atoms with Crippen LogP contribution in [0.15, 0.2) is 18.2 Å². The number of rotatable bonds is 2. The molecule has 0 spiro atoms. The molecule has 29 heavy (non-hydrogen) atoms. The first kappa shape index (κ1) is 19.5.